The van der Waals surface area contributed by atoms with Crippen LogP contribution < -0.4 is 11.1 Å². The molecule has 0 saturated carbocycles. The third-order valence-electron chi connectivity index (χ3n) is 6.25. The first-order valence-corrected chi connectivity index (χ1v) is 13.3. The van der Waals surface area contributed by atoms with Crippen molar-refractivity contribution in [2.24, 2.45) is 0 Å². The summed E-state index contributed by atoms with van der Waals surface area (Å²) in [5, 5.41) is 34.6. The van der Waals surface area contributed by atoms with E-state index in [-0.39, 0.29) is 33.7 Å². The van der Waals surface area contributed by atoms with Crippen molar-refractivity contribution in [3.8, 4) is 0 Å². The molecule has 0 aliphatic carbocycles. The molecule has 4 aromatic rings. The number of carboxylic acids is 2. The number of nitrogens with one attached hydrogen (secondary N) is 1. The van der Waals surface area contributed by atoms with Gasteiger partial charge in [0.05, 0.1) is 17.8 Å². The maximum absolute atomic E-state index is 15.4. The lowest BCUT2D eigenvalue weighted by atomic mass is 9.94. The fraction of sp³-hybridized carbons (Fsp3) is 0.280. The number of aromatic nitrogens is 4. The highest BCUT2D eigenvalue weighted by Crippen LogP contribution is 2.28. The lowest BCUT2D eigenvalue weighted by molar-refractivity contribution is -0.192. The van der Waals surface area contributed by atoms with Crippen LogP contribution in [0.1, 0.15) is 21.5 Å². The Hall–Kier alpha value is -4.22. The van der Waals surface area contributed by atoms with E-state index in [1.807, 2.05) is 0 Å². The van der Waals surface area contributed by atoms with E-state index in [1.54, 1.807) is 17.5 Å². The molecular weight excluding hydrogens is 599 g/mol. The number of methoxy groups -OCH3 is 1. The molecule has 42 heavy (non-hydrogen) atoms. The molecule has 0 radical (unpaired) electrons. The number of amides is 1. The van der Waals surface area contributed by atoms with Crippen molar-refractivity contribution in [1.82, 2.24) is 19.5 Å². The Labute approximate surface area is 245 Å². The summed E-state index contributed by atoms with van der Waals surface area (Å²) in [5.41, 5.74) is 3.42. The van der Waals surface area contributed by atoms with Crippen molar-refractivity contribution < 1.29 is 43.6 Å². The molecule has 3 atom stereocenters. The van der Waals surface area contributed by atoms with Crippen LogP contribution in [0.4, 0.5) is 15.9 Å². The van der Waals surface area contributed by atoms with Crippen LogP contribution in [0, 0.1) is 0 Å². The first-order valence-electron chi connectivity index (χ1n) is 12.0. The number of ether oxygens (including phenoxy) is 2. The van der Waals surface area contributed by atoms with Gasteiger partial charge in [-0.3, -0.25) is 9.36 Å². The SMILES string of the molecule is CO[C@H](COC(Cc1ccc(NC(=O)c2cccs2)cc1)(C(=O)O)C(=O)O)[C@@H](O)[C@H](F)n1cnc2c(N)nc(Cl)nc21. The number of aliphatic hydroxyl groups excluding tert-OH is 1. The summed E-state index contributed by atoms with van der Waals surface area (Å²) in [5.74, 6) is -4.14. The topological polar surface area (TPSA) is 212 Å². The molecule has 0 saturated heterocycles. The Kier molecular flexibility index (Phi) is 9.33. The van der Waals surface area contributed by atoms with Crippen LogP contribution in [-0.2, 0) is 25.5 Å². The molecule has 1 aromatic carbocycles. The molecule has 14 nitrogen and oxygen atoms in total. The highest BCUT2D eigenvalue weighted by atomic mass is 35.5. The van der Waals surface area contributed by atoms with E-state index in [9.17, 15) is 29.7 Å². The summed E-state index contributed by atoms with van der Waals surface area (Å²) in [6, 6.07) is 9.17. The van der Waals surface area contributed by atoms with Gasteiger partial charge in [-0.15, -0.1) is 11.3 Å². The molecule has 0 aliphatic rings. The summed E-state index contributed by atoms with van der Waals surface area (Å²) in [6.45, 7) is -0.837. The van der Waals surface area contributed by atoms with Crippen LogP contribution >= 0.6 is 22.9 Å². The molecule has 4 rings (SSSR count). The van der Waals surface area contributed by atoms with Gasteiger partial charge in [-0.2, -0.15) is 9.97 Å². The molecular formula is C25H24ClFN6O8S. The smallest absolute Gasteiger partial charge is 0.348 e. The van der Waals surface area contributed by atoms with Gasteiger partial charge in [-0.25, -0.2) is 19.0 Å². The van der Waals surface area contributed by atoms with Gasteiger partial charge in [0, 0.05) is 19.2 Å². The minimum Gasteiger partial charge on any atom is -0.479 e. The highest BCUT2D eigenvalue weighted by molar-refractivity contribution is 7.12. The standard InChI is InChI=1S/C25H24ClFN6O8S/c1-40-14(17(34)18(27)33-11-29-16-19(28)31-24(26)32-20(16)33)10-41-25(22(36)37,23(38)39)9-12-4-6-13(7-5-12)30-21(35)15-3-2-8-42-15/h2-8,11,14,17-18,34H,9-10H2,1H3,(H,30,35)(H,36,37)(H,38,39)(H2,28,31,32)/t14-,17-,18-/m1/s1. The fourth-order valence-corrected chi connectivity index (χ4v) is 4.76. The average Bonchev–Trinajstić information content (AvgIpc) is 3.64. The number of anilines is 2. The van der Waals surface area contributed by atoms with Crippen LogP contribution in [0.5, 0.6) is 0 Å². The van der Waals surface area contributed by atoms with Crippen molar-refractivity contribution in [3.63, 3.8) is 0 Å². The van der Waals surface area contributed by atoms with Crippen LogP contribution in [0.2, 0.25) is 5.28 Å². The third kappa shape index (κ3) is 6.32. The van der Waals surface area contributed by atoms with Gasteiger partial charge in [0.1, 0.15) is 17.7 Å². The summed E-state index contributed by atoms with van der Waals surface area (Å²) in [4.78, 5) is 48.7. The fourth-order valence-electron chi connectivity index (χ4n) is 3.97. The number of fused-ring (bicyclic) bond motifs is 1. The lowest BCUT2D eigenvalue weighted by Gasteiger charge is -2.30. The van der Waals surface area contributed by atoms with Gasteiger partial charge in [0.15, 0.2) is 11.5 Å². The monoisotopic (exact) mass is 622 g/mol. The van der Waals surface area contributed by atoms with E-state index in [1.165, 1.54) is 35.6 Å². The number of rotatable bonds is 13. The van der Waals surface area contributed by atoms with E-state index < -0.39 is 49.1 Å². The number of nitrogen functional groups attached to an aromatic ring is 1. The number of carbonyl (C=O) groups is 3. The van der Waals surface area contributed by atoms with Crippen LogP contribution in [-0.4, -0.2) is 84.2 Å². The zero-order valence-corrected chi connectivity index (χ0v) is 23.3. The quantitative estimate of drug-likeness (QED) is 0.107. The summed E-state index contributed by atoms with van der Waals surface area (Å²) >= 11 is 7.05. The number of benzene rings is 1. The zero-order valence-electron chi connectivity index (χ0n) is 21.7. The predicted octanol–water partition coefficient (Wildman–Crippen LogP) is 2.39. The molecule has 222 valence electrons. The van der Waals surface area contributed by atoms with Gasteiger partial charge < -0.3 is 35.8 Å². The molecule has 0 fully saturated rings. The number of nitrogens with zero attached hydrogens (tertiary/aromatic N) is 4. The number of carboxylic acid groups (broad SMARTS) is 2. The van der Waals surface area contributed by atoms with Gasteiger partial charge in [-0.1, -0.05) is 18.2 Å². The maximum atomic E-state index is 15.4. The molecule has 17 heteroatoms. The van der Waals surface area contributed by atoms with Gasteiger partial charge in [0.2, 0.25) is 11.6 Å². The van der Waals surface area contributed by atoms with Gasteiger partial charge in [-0.05, 0) is 40.7 Å². The average molecular weight is 623 g/mol. The number of thiophene rings is 1. The molecule has 0 unspecified atom stereocenters. The number of carbonyl (C=O) groups excluding carboxylic acids is 1. The first-order chi connectivity index (χ1) is 20.0. The Bertz CT molecular complexity index is 1570. The van der Waals surface area contributed by atoms with E-state index >= 15 is 4.39 Å². The predicted molar refractivity (Wildman–Crippen MR) is 148 cm³/mol. The molecule has 1 amide bonds. The van der Waals surface area contributed by atoms with E-state index in [0.29, 0.717) is 10.6 Å². The van der Waals surface area contributed by atoms with E-state index in [2.05, 4.69) is 20.3 Å². The lowest BCUT2D eigenvalue weighted by Crippen LogP contribution is -2.53. The van der Waals surface area contributed by atoms with Crippen LogP contribution in [0.25, 0.3) is 11.2 Å². The van der Waals surface area contributed by atoms with E-state index in [4.69, 9.17) is 26.8 Å². The van der Waals surface area contributed by atoms with Crippen molar-refractivity contribution in [3.05, 3.63) is 63.8 Å². The van der Waals surface area contributed by atoms with Gasteiger partial charge in [0.25, 0.3) is 11.5 Å². The van der Waals surface area contributed by atoms with Crippen LogP contribution in [0.3, 0.4) is 0 Å². The number of nitrogens with two attached hydrogens (primary N) is 1. The molecule has 0 aliphatic heterocycles. The number of aliphatic carboxylic acids is 2. The second-order valence-electron chi connectivity index (χ2n) is 8.89. The number of hydrogen-bond acceptors (Lipinski definition) is 11. The van der Waals surface area contributed by atoms with Crippen molar-refractivity contribution in [2.75, 3.05) is 24.8 Å². The summed E-state index contributed by atoms with van der Waals surface area (Å²) < 4.78 is 26.7. The number of aliphatic hydroxyl groups is 1. The van der Waals surface area contributed by atoms with Crippen molar-refractivity contribution in [1.29, 1.82) is 0 Å². The number of alkyl halides is 1. The second kappa shape index (κ2) is 12.7. The van der Waals surface area contributed by atoms with Gasteiger partial charge >= 0.3 is 11.9 Å². The highest BCUT2D eigenvalue weighted by Gasteiger charge is 2.49. The zero-order chi connectivity index (χ0) is 30.6. The Morgan fingerprint density at radius 3 is 2.48 bits per heavy atom. The van der Waals surface area contributed by atoms with Crippen molar-refractivity contribution in [2.45, 2.75) is 30.5 Å². The normalized spacial score (nSPS) is 13.9. The summed E-state index contributed by atoms with van der Waals surface area (Å²) in [6.07, 6.45) is -5.47. The third-order valence-corrected chi connectivity index (χ3v) is 7.28. The van der Waals surface area contributed by atoms with E-state index in [0.717, 1.165) is 18.0 Å². The molecule has 3 heterocycles. The Morgan fingerprint density at radius 2 is 1.88 bits per heavy atom. The summed E-state index contributed by atoms with van der Waals surface area (Å²) in [7, 11) is 1.10. The van der Waals surface area contributed by atoms with Crippen molar-refractivity contribution >= 4 is 63.5 Å². The Morgan fingerprint density at radius 1 is 1.19 bits per heavy atom. The number of imidazole rings is 1. The minimum atomic E-state index is -2.83. The largest absolute Gasteiger partial charge is 0.479 e. The Balaban J connectivity index is 1.49. The van der Waals surface area contributed by atoms with Crippen LogP contribution in [0.15, 0.2) is 48.1 Å². The first kappa shape index (κ1) is 30.7. The molecule has 0 bridgehead atoms. The molecule has 3 aromatic heterocycles. The molecule has 0 spiro atoms. The maximum Gasteiger partial charge on any atom is 0.348 e. The minimum absolute atomic E-state index is 0.0207. The second-order valence-corrected chi connectivity index (χ2v) is 10.2. The number of halogens is 2. The number of hydrogen-bond donors (Lipinski definition) is 5. The molecule has 6 N–H and O–H groups in total.